The van der Waals surface area contributed by atoms with Gasteiger partial charge in [-0.15, -0.1) is 0 Å². The molecule has 0 saturated carbocycles. The quantitative estimate of drug-likeness (QED) is 0.689. The molecule has 1 aromatic carbocycles. The van der Waals surface area contributed by atoms with E-state index >= 15 is 0 Å². The van der Waals surface area contributed by atoms with Crippen molar-refractivity contribution >= 4 is 11.8 Å². The van der Waals surface area contributed by atoms with Gasteiger partial charge in [-0.3, -0.25) is 4.79 Å². The van der Waals surface area contributed by atoms with Crippen LogP contribution in [0.1, 0.15) is 16.8 Å². The maximum absolute atomic E-state index is 11.4. The number of hydrogen-bond donors (Lipinski definition) is 1. The van der Waals surface area contributed by atoms with Gasteiger partial charge < -0.3 is 9.72 Å². The summed E-state index contributed by atoms with van der Waals surface area (Å²) >= 11 is 1.39. The number of aromatic amines is 1. The highest BCUT2D eigenvalue weighted by atomic mass is 32.2. The number of hydrogen-bond acceptors (Lipinski definition) is 5. The van der Waals surface area contributed by atoms with E-state index in [1.54, 1.807) is 32.2 Å². The minimum absolute atomic E-state index is 0.169. The molecule has 0 aliphatic rings. The van der Waals surface area contributed by atoms with Gasteiger partial charge in [0.2, 0.25) is 0 Å². The van der Waals surface area contributed by atoms with Crippen LogP contribution in [0, 0.1) is 18.3 Å². The molecule has 0 atom stereocenters. The number of thioether (sulfide) groups is 1. The van der Waals surface area contributed by atoms with E-state index in [0.29, 0.717) is 27.9 Å². The summed E-state index contributed by atoms with van der Waals surface area (Å²) in [4.78, 5) is 18.3. The van der Waals surface area contributed by atoms with Crippen molar-refractivity contribution in [1.82, 2.24) is 9.97 Å². The zero-order chi connectivity index (χ0) is 14.5. The van der Waals surface area contributed by atoms with E-state index in [-0.39, 0.29) is 5.56 Å². The van der Waals surface area contributed by atoms with Crippen molar-refractivity contribution < 1.29 is 4.74 Å². The van der Waals surface area contributed by atoms with Crippen LogP contribution < -0.4 is 10.3 Å². The topological polar surface area (TPSA) is 78.8 Å². The number of nitriles is 1. The zero-order valence-corrected chi connectivity index (χ0v) is 12.0. The first-order chi connectivity index (χ1) is 9.62. The Hall–Kier alpha value is -2.26. The Morgan fingerprint density at radius 2 is 2.25 bits per heavy atom. The number of H-pyrrole nitrogens is 1. The van der Waals surface area contributed by atoms with Crippen LogP contribution >= 0.6 is 11.8 Å². The third-order valence-electron chi connectivity index (χ3n) is 2.62. The predicted octanol–water partition coefficient (Wildman–Crippen LogP) is 2.25. The molecule has 0 saturated heterocycles. The summed E-state index contributed by atoms with van der Waals surface area (Å²) in [6.07, 6.45) is 0. The second kappa shape index (κ2) is 6.26. The monoisotopic (exact) mass is 287 g/mol. The van der Waals surface area contributed by atoms with Gasteiger partial charge in [0.1, 0.15) is 5.75 Å². The largest absolute Gasteiger partial charge is 0.496 e. The summed E-state index contributed by atoms with van der Waals surface area (Å²) in [6, 6.07) is 8.79. The van der Waals surface area contributed by atoms with Crippen molar-refractivity contribution in [3.63, 3.8) is 0 Å². The van der Waals surface area contributed by atoms with Gasteiger partial charge in [0, 0.05) is 23.1 Å². The second-order valence-corrected chi connectivity index (χ2v) is 5.08. The van der Waals surface area contributed by atoms with Crippen LogP contribution in [0.5, 0.6) is 5.75 Å². The molecule has 0 spiro atoms. The number of benzene rings is 1. The van der Waals surface area contributed by atoms with Crippen LogP contribution in [0.4, 0.5) is 0 Å². The van der Waals surface area contributed by atoms with Crippen LogP contribution in [0.3, 0.4) is 0 Å². The number of nitrogens with zero attached hydrogens (tertiary/aromatic N) is 2. The molecule has 1 heterocycles. The first-order valence-corrected chi connectivity index (χ1v) is 6.88. The smallest absolute Gasteiger partial charge is 0.251 e. The highest BCUT2D eigenvalue weighted by Crippen LogP contribution is 2.26. The van der Waals surface area contributed by atoms with Gasteiger partial charge in [-0.25, -0.2) is 4.98 Å². The van der Waals surface area contributed by atoms with Gasteiger partial charge in [0.15, 0.2) is 5.16 Å². The minimum atomic E-state index is -0.169. The number of methoxy groups -OCH3 is 1. The van der Waals surface area contributed by atoms with E-state index in [9.17, 15) is 4.79 Å². The maximum Gasteiger partial charge on any atom is 0.251 e. The van der Waals surface area contributed by atoms with Gasteiger partial charge in [-0.05, 0) is 25.1 Å². The second-order valence-electron chi connectivity index (χ2n) is 4.12. The third kappa shape index (κ3) is 3.39. The zero-order valence-electron chi connectivity index (χ0n) is 11.1. The molecule has 0 amide bonds. The summed E-state index contributed by atoms with van der Waals surface area (Å²) in [5, 5.41) is 9.48. The molecular formula is C14H13N3O2S. The van der Waals surface area contributed by atoms with Crippen LogP contribution in [-0.4, -0.2) is 17.1 Å². The Morgan fingerprint density at radius 1 is 1.45 bits per heavy atom. The number of nitrogens with one attached hydrogen (secondary N) is 1. The van der Waals surface area contributed by atoms with Crippen molar-refractivity contribution in [3.05, 3.63) is 51.4 Å². The molecule has 6 heteroatoms. The Balaban J connectivity index is 2.22. The fourth-order valence-corrected chi connectivity index (χ4v) is 2.63. The fourth-order valence-electron chi connectivity index (χ4n) is 1.73. The summed E-state index contributed by atoms with van der Waals surface area (Å²) in [5.74, 6) is 1.27. The number of aryl methyl sites for hydroxylation is 1. The highest BCUT2D eigenvalue weighted by molar-refractivity contribution is 7.98. The third-order valence-corrected chi connectivity index (χ3v) is 3.54. The Kier molecular flexibility index (Phi) is 4.43. The van der Waals surface area contributed by atoms with Crippen LogP contribution in [0.15, 0.2) is 34.2 Å². The number of ether oxygens (including phenoxy) is 1. The van der Waals surface area contributed by atoms with Gasteiger partial charge in [-0.2, -0.15) is 5.26 Å². The van der Waals surface area contributed by atoms with Crippen LogP contribution in [-0.2, 0) is 5.75 Å². The molecule has 0 bridgehead atoms. The van der Waals surface area contributed by atoms with Gasteiger partial charge in [0.05, 0.1) is 18.7 Å². The minimum Gasteiger partial charge on any atom is -0.496 e. The molecule has 0 aliphatic carbocycles. The van der Waals surface area contributed by atoms with Crippen molar-refractivity contribution in [2.75, 3.05) is 7.11 Å². The molecule has 2 rings (SSSR count). The van der Waals surface area contributed by atoms with Gasteiger partial charge in [-0.1, -0.05) is 11.8 Å². The first kappa shape index (κ1) is 14.2. The molecule has 0 unspecified atom stereocenters. The Morgan fingerprint density at radius 3 is 2.90 bits per heavy atom. The molecule has 1 aromatic heterocycles. The standard InChI is InChI=1S/C14H13N3O2S/c1-9-5-13(18)17-14(16-9)20-8-11-6-10(7-15)3-4-12(11)19-2/h3-6H,8H2,1-2H3,(H,16,17,18). The highest BCUT2D eigenvalue weighted by Gasteiger charge is 2.07. The average molecular weight is 287 g/mol. The van der Waals surface area contributed by atoms with Gasteiger partial charge in [0.25, 0.3) is 5.56 Å². The predicted molar refractivity (Wildman–Crippen MR) is 76.9 cm³/mol. The summed E-state index contributed by atoms with van der Waals surface area (Å²) in [5.41, 5.74) is 1.97. The van der Waals surface area contributed by atoms with E-state index in [4.69, 9.17) is 10.00 Å². The van der Waals surface area contributed by atoms with E-state index < -0.39 is 0 Å². The Bertz CT molecular complexity index is 719. The molecular weight excluding hydrogens is 274 g/mol. The summed E-state index contributed by atoms with van der Waals surface area (Å²) in [6.45, 7) is 1.77. The van der Waals surface area contributed by atoms with E-state index in [1.807, 2.05) is 0 Å². The molecule has 2 aromatic rings. The van der Waals surface area contributed by atoms with Crippen LogP contribution in [0.2, 0.25) is 0 Å². The first-order valence-electron chi connectivity index (χ1n) is 5.90. The lowest BCUT2D eigenvalue weighted by Gasteiger charge is -2.08. The molecule has 0 fully saturated rings. The lowest BCUT2D eigenvalue weighted by atomic mass is 10.1. The fraction of sp³-hybridized carbons (Fsp3) is 0.214. The van der Waals surface area contributed by atoms with Gasteiger partial charge >= 0.3 is 0 Å². The van der Waals surface area contributed by atoms with Crippen LogP contribution in [0.25, 0.3) is 0 Å². The van der Waals surface area contributed by atoms with Crippen molar-refractivity contribution in [3.8, 4) is 11.8 Å². The molecule has 0 aliphatic heterocycles. The lowest BCUT2D eigenvalue weighted by Crippen LogP contribution is -2.08. The normalized spacial score (nSPS) is 10.1. The number of aromatic nitrogens is 2. The van der Waals surface area contributed by atoms with E-state index in [1.165, 1.54) is 17.8 Å². The molecule has 1 N–H and O–H groups in total. The van der Waals surface area contributed by atoms with Crippen molar-refractivity contribution in [2.24, 2.45) is 0 Å². The molecule has 5 nitrogen and oxygen atoms in total. The Labute approximate surface area is 120 Å². The summed E-state index contributed by atoms with van der Waals surface area (Å²) < 4.78 is 5.27. The maximum atomic E-state index is 11.4. The molecule has 20 heavy (non-hydrogen) atoms. The summed E-state index contributed by atoms with van der Waals surface area (Å²) in [7, 11) is 1.59. The molecule has 0 radical (unpaired) electrons. The SMILES string of the molecule is COc1ccc(C#N)cc1CSc1nc(C)cc(=O)[nH]1. The average Bonchev–Trinajstić information content (AvgIpc) is 2.43. The molecule has 102 valence electrons. The number of rotatable bonds is 4. The van der Waals surface area contributed by atoms with Crippen molar-refractivity contribution in [1.29, 1.82) is 5.26 Å². The van der Waals surface area contributed by atoms with E-state index in [2.05, 4.69) is 16.0 Å². The van der Waals surface area contributed by atoms with E-state index in [0.717, 1.165) is 5.56 Å². The van der Waals surface area contributed by atoms with Crippen molar-refractivity contribution in [2.45, 2.75) is 17.8 Å². The lowest BCUT2D eigenvalue weighted by molar-refractivity contribution is 0.411.